The van der Waals surface area contributed by atoms with Crippen LogP contribution in [0.5, 0.6) is 0 Å². The zero-order valence-electron chi connectivity index (χ0n) is 11.8. The fourth-order valence-corrected chi connectivity index (χ4v) is 3.38. The van der Waals surface area contributed by atoms with Crippen LogP contribution < -0.4 is 5.32 Å². The Morgan fingerprint density at radius 3 is 3.11 bits per heavy atom. The van der Waals surface area contributed by atoms with Gasteiger partial charge in [0.15, 0.2) is 0 Å². The molecule has 1 aromatic heterocycles. The van der Waals surface area contributed by atoms with E-state index in [2.05, 4.69) is 26.2 Å². The Morgan fingerprint density at radius 1 is 1.32 bits per heavy atom. The highest BCUT2D eigenvalue weighted by molar-refractivity contribution is 5.42. The second kappa shape index (κ2) is 5.88. The van der Waals surface area contributed by atoms with E-state index in [0.29, 0.717) is 0 Å². The van der Waals surface area contributed by atoms with Crippen molar-refractivity contribution in [2.45, 2.75) is 31.8 Å². The van der Waals surface area contributed by atoms with Crippen LogP contribution in [0.25, 0.3) is 0 Å². The third-order valence-corrected chi connectivity index (χ3v) is 4.38. The summed E-state index contributed by atoms with van der Waals surface area (Å²) >= 11 is 0. The first-order chi connectivity index (χ1) is 9.35. The molecule has 4 heteroatoms. The summed E-state index contributed by atoms with van der Waals surface area (Å²) < 4.78 is 0. The Labute approximate surface area is 115 Å². The van der Waals surface area contributed by atoms with Gasteiger partial charge >= 0.3 is 0 Å². The number of hydrogen-bond donors (Lipinski definition) is 1. The smallest absolute Gasteiger partial charge is 0.0564 e. The summed E-state index contributed by atoms with van der Waals surface area (Å²) in [7, 11) is 1.96. The minimum Gasteiger partial charge on any atom is -0.388 e. The van der Waals surface area contributed by atoms with Gasteiger partial charge in [0.2, 0.25) is 0 Å². The fraction of sp³-hybridized carbons (Fsp3) is 0.667. The second-order valence-electron chi connectivity index (χ2n) is 5.71. The van der Waals surface area contributed by atoms with Gasteiger partial charge < -0.3 is 5.32 Å². The summed E-state index contributed by atoms with van der Waals surface area (Å²) in [4.78, 5) is 9.76. The molecular formula is C15H24N4. The molecule has 0 amide bonds. The molecule has 0 bridgehead atoms. The zero-order chi connectivity index (χ0) is 13.1. The topological polar surface area (TPSA) is 31.4 Å². The van der Waals surface area contributed by atoms with Crippen molar-refractivity contribution in [3.8, 4) is 0 Å². The highest BCUT2D eigenvalue weighted by Gasteiger charge is 2.28. The minimum absolute atomic E-state index is 0.787. The van der Waals surface area contributed by atoms with Crippen LogP contribution in [-0.4, -0.2) is 54.1 Å². The average Bonchev–Trinajstić information content (AvgIpc) is 2.78. The van der Waals surface area contributed by atoms with Gasteiger partial charge in [-0.2, -0.15) is 0 Å². The van der Waals surface area contributed by atoms with Crippen molar-refractivity contribution >= 4 is 5.69 Å². The van der Waals surface area contributed by atoms with E-state index in [-0.39, 0.29) is 0 Å². The first kappa shape index (κ1) is 12.9. The highest BCUT2D eigenvalue weighted by Crippen LogP contribution is 2.22. The van der Waals surface area contributed by atoms with Gasteiger partial charge in [-0.1, -0.05) is 0 Å². The summed E-state index contributed by atoms with van der Waals surface area (Å²) in [6.45, 7) is 6.00. The Balaban J connectivity index is 1.65. The predicted molar refractivity (Wildman–Crippen MR) is 78.3 cm³/mol. The van der Waals surface area contributed by atoms with Gasteiger partial charge in [0.1, 0.15) is 0 Å². The monoisotopic (exact) mass is 260 g/mol. The molecule has 0 saturated carbocycles. The minimum atomic E-state index is 0.787. The summed E-state index contributed by atoms with van der Waals surface area (Å²) in [5, 5.41) is 3.19. The lowest BCUT2D eigenvalue weighted by atomic mass is 10.2. The molecule has 1 unspecified atom stereocenters. The lowest BCUT2D eigenvalue weighted by Crippen LogP contribution is -2.36. The maximum atomic E-state index is 4.50. The number of fused-ring (bicyclic) bond motifs is 1. The molecule has 2 aliphatic heterocycles. The molecule has 2 fully saturated rings. The second-order valence-corrected chi connectivity index (χ2v) is 5.71. The van der Waals surface area contributed by atoms with Gasteiger partial charge in [0.25, 0.3) is 0 Å². The van der Waals surface area contributed by atoms with Crippen LogP contribution in [0.2, 0.25) is 0 Å². The van der Waals surface area contributed by atoms with Gasteiger partial charge in [-0.3, -0.25) is 14.8 Å². The number of nitrogens with zero attached hydrogens (tertiary/aromatic N) is 3. The van der Waals surface area contributed by atoms with E-state index < -0.39 is 0 Å². The number of nitrogens with one attached hydrogen (secondary N) is 1. The third kappa shape index (κ3) is 3.07. The van der Waals surface area contributed by atoms with Gasteiger partial charge in [0, 0.05) is 38.1 Å². The molecular weight excluding hydrogens is 236 g/mol. The number of rotatable bonds is 3. The maximum absolute atomic E-state index is 4.50. The van der Waals surface area contributed by atoms with Gasteiger partial charge in [-0.15, -0.1) is 0 Å². The van der Waals surface area contributed by atoms with E-state index in [0.717, 1.165) is 18.3 Å². The summed E-state index contributed by atoms with van der Waals surface area (Å²) in [5.41, 5.74) is 2.33. The van der Waals surface area contributed by atoms with E-state index in [4.69, 9.17) is 0 Å². The molecule has 104 valence electrons. The summed E-state index contributed by atoms with van der Waals surface area (Å²) in [6.07, 6.45) is 5.95. The molecule has 1 atom stereocenters. The molecule has 0 spiro atoms. The van der Waals surface area contributed by atoms with Crippen LogP contribution in [0.4, 0.5) is 5.69 Å². The van der Waals surface area contributed by atoms with Crippen molar-refractivity contribution in [3.63, 3.8) is 0 Å². The van der Waals surface area contributed by atoms with E-state index in [1.807, 2.05) is 19.3 Å². The van der Waals surface area contributed by atoms with Crippen LogP contribution in [0.15, 0.2) is 18.3 Å². The van der Waals surface area contributed by atoms with Gasteiger partial charge in [-0.05, 0) is 51.0 Å². The highest BCUT2D eigenvalue weighted by atomic mass is 15.3. The van der Waals surface area contributed by atoms with E-state index in [9.17, 15) is 0 Å². The van der Waals surface area contributed by atoms with E-state index in [1.54, 1.807) is 0 Å². The molecule has 2 saturated heterocycles. The standard InChI is InChI=1S/C15H24N4/c1-16-13-5-6-17-14(10-13)11-18-7-3-9-19-8-2-4-15(19)12-18/h5-6,10,15H,2-4,7-9,11-12H2,1H3,(H,16,17). The Kier molecular flexibility index (Phi) is 3.99. The number of aromatic nitrogens is 1. The quantitative estimate of drug-likeness (QED) is 0.898. The normalized spacial score (nSPS) is 25.0. The largest absolute Gasteiger partial charge is 0.388 e. The van der Waals surface area contributed by atoms with Gasteiger partial charge in [0.05, 0.1) is 5.69 Å². The SMILES string of the molecule is CNc1ccnc(CN2CCCN3CCCC3C2)c1. The molecule has 4 nitrogen and oxygen atoms in total. The summed E-state index contributed by atoms with van der Waals surface area (Å²) in [5.74, 6) is 0. The zero-order valence-corrected chi connectivity index (χ0v) is 11.8. The molecule has 3 heterocycles. The van der Waals surface area contributed by atoms with E-state index >= 15 is 0 Å². The van der Waals surface area contributed by atoms with Crippen molar-refractivity contribution in [1.82, 2.24) is 14.8 Å². The van der Waals surface area contributed by atoms with Crippen LogP contribution in [0.1, 0.15) is 25.0 Å². The summed E-state index contributed by atoms with van der Waals surface area (Å²) in [6, 6.07) is 4.97. The lowest BCUT2D eigenvalue weighted by molar-refractivity contribution is 0.214. The van der Waals surface area contributed by atoms with E-state index in [1.165, 1.54) is 51.1 Å². The van der Waals surface area contributed by atoms with Crippen molar-refractivity contribution in [2.24, 2.45) is 0 Å². The first-order valence-electron chi connectivity index (χ1n) is 7.44. The molecule has 19 heavy (non-hydrogen) atoms. The van der Waals surface area contributed by atoms with Crippen molar-refractivity contribution in [2.75, 3.05) is 38.5 Å². The number of hydrogen-bond acceptors (Lipinski definition) is 4. The maximum Gasteiger partial charge on any atom is 0.0564 e. The Hall–Kier alpha value is -1.13. The van der Waals surface area contributed by atoms with Crippen LogP contribution in [0.3, 0.4) is 0 Å². The number of anilines is 1. The van der Waals surface area contributed by atoms with Crippen molar-refractivity contribution in [3.05, 3.63) is 24.0 Å². The lowest BCUT2D eigenvalue weighted by Gasteiger charge is -2.25. The molecule has 3 rings (SSSR count). The van der Waals surface area contributed by atoms with Crippen LogP contribution >= 0.6 is 0 Å². The molecule has 0 aromatic carbocycles. The Morgan fingerprint density at radius 2 is 2.21 bits per heavy atom. The fourth-order valence-electron chi connectivity index (χ4n) is 3.38. The van der Waals surface area contributed by atoms with Crippen molar-refractivity contribution < 1.29 is 0 Å². The predicted octanol–water partition coefficient (Wildman–Crippen LogP) is 1.79. The molecule has 1 N–H and O–H groups in total. The van der Waals surface area contributed by atoms with Crippen LogP contribution in [0, 0.1) is 0 Å². The third-order valence-electron chi connectivity index (χ3n) is 4.38. The molecule has 2 aliphatic rings. The molecule has 0 radical (unpaired) electrons. The van der Waals surface area contributed by atoms with Crippen LogP contribution in [-0.2, 0) is 6.54 Å². The molecule has 0 aliphatic carbocycles. The number of pyridine rings is 1. The molecule has 1 aromatic rings. The average molecular weight is 260 g/mol. The van der Waals surface area contributed by atoms with Gasteiger partial charge in [-0.25, -0.2) is 0 Å². The first-order valence-corrected chi connectivity index (χ1v) is 7.44. The Bertz CT molecular complexity index is 420. The van der Waals surface area contributed by atoms with Crippen molar-refractivity contribution in [1.29, 1.82) is 0 Å².